The predicted octanol–water partition coefficient (Wildman–Crippen LogP) is 0.990. The molecule has 0 rings (SSSR count). The Labute approximate surface area is 52.2 Å². The van der Waals surface area contributed by atoms with Crippen LogP contribution >= 0.6 is 0 Å². The van der Waals surface area contributed by atoms with Gasteiger partial charge in [-0.2, -0.15) is 0 Å². The van der Waals surface area contributed by atoms with Crippen molar-refractivity contribution >= 4 is 7.28 Å². The molecule has 0 bridgehead atoms. The summed E-state index contributed by atoms with van der Waals surface area (Å²) in [6, 6.07) is 0.244. The molecule has 0 aliphatic rings. The molecule has 45 valence electrons. The van der Waals surface area contributed by atoms with Gasteiger partial charge in [-0.1, -0.05) is 19.7 Å². The van der Waals surface area contributed by atoms with Crippen LogP contribution in [0.15, 0.2) is 12.6 Å². The van der Waals surface area contributed by atoms with Gasteiger partial charge in [0.15, 0.2) is 0 Å². The van der Waals surface area contributed by atoms with Gasteiger partial charge in [-0.15, -0.1) is 12.6 Å². The van der Waals surface area contributed by atoms with Gasteiger partial charge in [0.25, 0.3) is 0 Å². The molecule has 2 N–H and O–H groups in total. The summed E-state index contributed by atoms with van der Waals surface area (Å²) in [5, 5.41) is 0. The molecule has 8 heavy (non-hydrogen) atoms. The molecule has 0 spiro atoms. The summed E-state index contributed by atoms with van der Waals surface area (Å²) < 4.78 is 0. The average molecular weight is 110 g/mol. The highest BCUT2D eigenvalue weighted by Crippen LogP contribution is 2.03. The van der Waals surface area contributed by atoms with E-state index in [1.54, 1.807) is 5.98 Å². The molecule has 0 aromatic rings. The molecule has 0 amide bonds. The van der Waals surface area contributed by atoms with Gasteiger partial charge in [-0.25, -0.2) is 0 Å². The van der Waals surface area contributed by atoms with E-state index in [1.165, 1.54) is 0 Å². The van der Waals surface area contributed by atoms with Crippen LogP contribution in [0.1, 0.15) is 13.8 Å². The van der Waals surface area contributed by atoms with Crippen LogP contribution in [0.3, 0.4) is 0 Å². The van der Waals surface area contributed by atoms with Crippen LogP contribution in [0.2, 0.25) is 5.82 Å². The van der Waals surface area contributed by atoms with Gasteiger partial charge in [0.05, 0.1) is 0 Å². The van der Waals surface area contributed by atoms with Crippen molar-refractivity contribution in [2.24, 2.45) is 5.73 Å². The highest BCUT2D eigenvalue weighted by molar-refractivity contribution is 6.43. The van der Waals surface area contributed by atoms with E-state index in [-0.39, 0.29) is 6.04 Å². The minimum atomic E-state index is 0.244. The van der Waals surface area contributed by atoms with Crippen LogP contribution in [0.25, 0.3) is 0 Å². The molecule has 0 aromatic heterocycles. The Kier molecular flexibility index (Phi) is 3.62. The van der Waals surface area contributed by atoms with Crippen LogP contribution in [0.5, 0.6) is 0 Å². The quantitative estimate of drug-likeness (QED) is 0.538. The highest BCUT2D eigenvalue weighted by Gasteiger charge is 2.04. The third-order valence-electron chi connectivity index (χ3n) is 1.27. The van der Waals surface area contributed by atoms with Gasteiger partial charge < -0.3 is 5.73 Å². The lowest BCUT2D eigenvalue weighted by Crippen LogP contribution is -2.23. The second-order valence-corrected chi connectivity index (χ2v) is 2.15. The Bertz CT molecular complexity index is 70.9. The van der Waals surface area contributed by atoms with E-state index in [0.29, 0.717) is 5.82 Å². The first-order valence-corrected chi connectivity index (χ1v) is 2.90. The predicted molar refractivity (Wildman–Crippen MR) is 39.0 cm³/mol. The van der Waals surface area contributed by atoms with Crippen LogP contribution in [-0.2, 0) is 0 Å². The van der Waals surface area contributed by atoms with Crippen molar-refractivity contribution in [1.82, 2.24) is 0 Å². The van der Waals surface area contributed by atoms with Crippen molar-refractivity contribution in [2.45, 2.75) is 25.7 Å². The summed E-state index contributed by atoms with van der Waals surface area (Å²) in [4.78, 5) is 0. The number of hydrogen-bond acceptors (Lipinski definition) is 1. The second kappa shape index (κ2) is 3.73. The molecule has 0 aliphatic heterocycles. The molecule has 2 unspecified atom stereocenters. The van der Waals surface area contributed by atoms with Crippen molar-refractivity contribution in [3.8, 4) is 0 Å². The molecule has 2 heteroatoms. The SMILES string of the molecule is C=C[B]C(C)C(C)N. The lowest BCUT2D eigenvalue weighted by Gasteiger charge is -2.10. The van der Waals surface area contributed by atoms with Crippen molar-refractivity contribution in [1.29, 1.82) is 0 Å². The van der Waals surface area contributed by atoms with Crippen LogP contribution in [0, 0.1) is 0 Å². The van der Waals surface area contributed by atoms with Crippen LogP contribution < -0.4 is 5.73 Å². The molecule has 2 atom stereocenters. The Hall–Kier alpha value is -0.235. The van der Waals surface area contributed by atoms with E-state index in [9.17, 15) is 0 Å². The minimum absolute atomic E-state index is 0.244. The summed E-state index contributed by atoms with van der Waals surface area (Å²) in [6.45, 7) is 7.64. The topological polar surface area (TPSA) is 26.0 Å². The van der Waals surface area contributed by atoms with E-state index in [4.69, 9.17) is 5.73 Å². The zero-order valence-electron chi connectivity index (χ0n) is 5.59. The van der Waals surface area contributed by atoms with Gasteiger partial charge in [0.2, 0.25) is 0 Å². The lowest BCUT2D eigenvalue weighted by molar-refractivity contribution is 0.708. The monoisotopic (exact) mass is 110 g/mol. The molecule has 1 nitrogen and oxygen atoms in total. The number of hydrogen-bond donors (Lipinski definition) is 1. The van der Waals surface area contributed by atoms with Crippen molar-refractivity contribution < 1.29 is 0 Å². The Morgan fingerprint density at radius 3 is 2.25 bits per heavy atom. The first kappa shape index (κ1) is 7.76. The molecule has 1 radical (unpaired) electrons. The summed E-state index contributed by atoms with van der Waals surface area (Å²) in [6.07, 6.45) is 0. The number of nitrogens with two attached hydrogens (primary N) is 1. The zero-order valence-corrected chi connectivity index (χ0v) is 5.59. The third kappa shape index (κ3) is 2.86. The van der Waals surface area contributed by atoms with Gasteiger partial charge in [-0.05, 0) is 6.04 Å². The van der Waals surface area contributed by atoms with Gasteiger partial charge >= 0.3 is 0 Å². The summed E-state index contributed by atoms with van der Waals surface area (Å²) in [5.41, 5.74) is 5.54. The van der Waals surface area contributed by atoms with Gasteiger partial charge in [0, 0.05) is 0 Å². The Morgan fingerprint density at radius 2 is 2.12 bits per heavy atom. The standard InChI is InChI=1S/C6H13BN/c1-4-7-5(2)6(3)8/h4-6H,1,8H2,2-3H3. The van der Waals surface area contributed by atoms with Gasteiger partial charge in [0.1, 0.15) is 7.28 Å². The second-order valence-electron chi connectivity index (χ2n) is 2.15. The summed E-state index contributed by atoms with van der Waals surface area (Å²) in [5.74, 6) is 2.24. The minimum Gasteiger partial charge on any atom is -0.328 e. The molecular formula is C6H13BN. The van der Waals surface area contributed by atoms with E-state index >= 15 is 0 Å². The fourth-order valence-electron chi connectivity index (χ4n) is 0.390. The van der Waals surface area contributed by atoms with Crippen molar-refractivity contribution in [3.63, 3.8) is 0 Å². The lowest BCUT2D eigenvalue weighted by atomic mass is 9.63. The van der Waals surface area contributed by atoms with Gasteiger partial charge in [-0.3, -0.25) is 0 Å². The molecule has 0 fully saturated rings. The molecule has 0 heterocycles. The molecular weight excluding hydrogens is 96.9 g/mol. The fourth-order valence-corrected chi connectivity index (χ4v) is 0.390. The van der Waals surface area contributed by atoms with E-state index in [2.05, 4.69) is 13.5 Å². The highest BCUT2D eigenvalue weighted by atomic mass is 14.6. The average Bonchev–Trinajstić information content (AvgIpc) is 1.67. The third-order valence-corrected chi connectivity index (χ3v) is 1.27. The molecule has 0 saturated carbocycles. The summed E-state index contributed by atoms with van der Waals surface area (Å²) in [7, 11) is 2.00. The van der Waals surface area contributed by atoms with Crippen LogP contribution in [-0.4, -0.2) is 13.3 Å². The Morgan fingerprint density at radius 1 is 1.62 bits per heavy atom. The first-order chi connectivity index (χ1) is 3.68. The largest absolute Gasteiger partial charge is 0.328 e. The van der Waals surface area contributed by atoms with Crippen molar-refractivity contribution in [3.05, 3.63) is 12.6 Å². The number of rotatable bonds is 3. The smallest absolute Gasteiger partial charge is 0.145 e. The normalized spacial score (nSPS) is 16.9. The molecule has 0 saturated heterocycles. The maximum Gasteiger partial charge on any atom is 0.145 e. The molecule has 0 aromatic carbocycles. The van der Waals surface area contributed by atoms with E-state index in [1.807, 2.05) is 14.2 Å². The van der Waals surface area contributed by atoms with E-state index < -0.39 is 0 Å². The molecule has 0 aliphatic carbocycles. The van der Waals surface area contributed by atoms with Crippen molar-refractivity contribution in [2.75, 3.05) is 0 Å². The maximum atomic E-state index is 5.54. The maximum absolute atomic E-state index is 5.54. The van der Waals surface area contributed by atoms with E-state index in [0.717, 1.165) is 0 Å². The fraction of sp³-hybridized carbons (Fsp3) is 0.667. The zero-order chi connectivity index (χ0) is 6.57. The van der Waals surface area contributed by atoms with Crippen LogP contribution in [0.4, 0.5) is 0 Å². The first-order valence-electron chi connectivity index (χ1n) is 2.90. The summed E-state index contributed by atoms with van der Waals surface area (Å²) >= 11 is 0. The Balaban J connectivity index is 3.30.